The molecule has 0 fully saturated rings. The zero-order valence-electron chi connectivity index (χ0n) is 9.20. The molecule has 1 aromatic carbocycles. The third kappa shape index (κ3) is 3.63. The quantitative estimate of drug-likeness (QED) is 0.566. The molecule has 0 aliphatic carbocycles. The van der Waals surface area contributed by atoms with Crippen LogP contribution in [0.5, 0.6) is 11.5 Å². The van der Waals surface area contributed by atoms with Gasteiger partial charge in [-0.05, 0) is 24.1 Å². The average Bonchev–Trinajstić information content (AvgIpc) is 2.34. The molecular weight excluding hydrogens is 226 g/mol. The number of rotatable bonds is 6. The SMILES string of the molecule is COc1ccc(CCl)cc1OCCCC#N. The summed E-state index contributed by atoms with van der Waals surface area (Å²) in [7, 11) is 1.60. The molecule has 0 spiro atoms. The van der Waals surface area contributed by atoms with Crippen LogP contribution in [0.25, 0.3) is 0 Å². The Kier molecular flexibility index (Phi) is 5.52. The monoisotopic (exact) mass is 239 g/mol. The number of nitrogens with zero attached hydrogens (tertiary/aromatic N) is 1. The van der Waals surface area contributed by atoms with E-state index in [0.717, 1.165) is 5.56 Å². The number of unbranched alkanes of at least 4 members (excludes halogenated alkanes) is 1. The second-order valence-corrected chi connectivity index (χ2v) is 3.50. The van der Waals surface area contributed by atoms with Crippen molar-refractivity contribution in [3.05, 3.63) is 23.8 Å². The van der Waals surface area contributed by atoms with Crippen molar-refractivity contribution in [2.24, 2.45) is 0 Å². The minimum Gasteiger partial charge on any atom is -0.493 e. The Morgan fingerprint density at radius 2 is 2.19 bits per heavy atom. The summed E-state index contributed by atoms with van der Waals surface area (Å²) < 4.78 is 10.7. The molecule has 0 aliphatic rings. The Morgan fingerprint density at radius 1 is 1.38 bits per heavy atom. The van der Waals surface area contributed by atoms with Gasteiger partial charge >= 0.3 is 0 Å². The number of nitriles is 1. The first-order valence-corrected chi connectivity index (χ1v) is 5.58. The van der Waals surface area contributed by atoms with Crippen LogP contribution in [0.15, 0.2) is 18.2 Å². The van der Waals surface area contributed by atoms with E-state index in [-0.39, 0.29) is 0 Å². The molecule has 16 heavy (non-hydrogen) atoms. The largest absolute Gasteiger partial charge is 0.493 e. The maximum absolute atomic E-state index is 8.40. The van der Waals surface area contributed by atoms with E-state index in [1.165, 1.54) is 0 Å². The minimum absolute atomic E-state index is 0.443. The Hall–Kier alpha value is -1.40. The molecule has 0 heterocycles. The maximum atomic E-state index is 8.40. The highest BCUT2D eigenvalue weighted by molar-refractivity contribution is 6.17. The van der Waals surface area contributed by atoms with Crippen molar-refractivity contribution in [1.29, 1.82) is 5.26 Å². The molecule has 0 radical (unpaired) electrons. The molecular formula is C12H14ClNO2. The molecule has 0 aliphatic heterocycles. The summed E-state index contributed by atoms with van der Waals surface area (Å²) in [6.07, 6.45) is 1.21. The van der Waals surface area contributed by atoms with Crippen LogP contribution in [-0.2, 0) is 5.88 Å². The highest BCUT2D eigenvalue weighted by atomic mass is 35.5. The van der Waals surface area contributed by atoms with Crippen molar-refractivity contribution < 1.29 is 9.47 Å². The van der Waals surface area contributed by atoms with Crippen molar-refractivity contribution in [2.45, 2.75) is 18.7 Å². The van der Waals surface area contributed by atoms with E-state index in [2.05, 4.69) is 6.07 Å². The smallest absolute Gasteiger partial charge is 0.161 e. The fourth-order valence-corrected chi connectivity index (χ4v) is 1.42. The van der Waals surface area contributed by atoms with Crippen molar-refractivity contribution >= 4 is 11.6 Å². The zero-order valence-corrected chi connectivity index (χ0v) is 9.96. The van der Waals surface area contributed by atoms with Crippen LogP contribution in [0.4, 0.5) is 0 Å². The van der Waals surface area contributed by atoms with Crippen LogP contribution < -0.4 is 9.47 Å². The average molecular weight is 240 g/mol. The van der Waals surface area contributed by atoms with Crippen LogP contribution >= 0.6 is 11.6 Å². The molecule has 1 rings (SSSR count). The summed E-state index contributed by atoms with van der Waals surface area (Å²) in [5, 5.41) is 8.40. The molecule has 1 aromatic rings. The van der Waals surface area contributed by atoms with E-state index < -0.39 is 0 Å². The lowest BCUT2D eigenvalue weighted by Gasteiger charge is -2.11. The summed E-state index contributed by atoms with van der Waals surface area (Å²) in [5.41, 5.74) is 0.984. The van der Waals surface area contributed by atoms with Gasteiger partial charge in [0.1, 0.15) is 0 Å². The van der Waals surface area contributed by atoms with Crippen LogP contribution in [0.2, 0.25) is 0 Å². The van der Waals surface area contributed by atoms with E-state index in [0.29, 0.717) is 36.8 Å². The normalized spacial score (nSPS) is 9.56. The topological polar surface area (TPSA) is 42.2 Å². The number of methoxy groups -OCH3 is 1. The maximum Gasteiger partial charge on any atom is 0.161 e. The Balaban J connectivity index is 2.64. The van der Waals surface area contributed by atoms with E-state index >= 15 is 0 Å². The van der Waals surface area contributed by atoms with E-state index in [4.69, 9.17) is 26.3 Å². The highest BCUT2D eigenvalue weighted by Gasteiger charge is 2.05. The molecule has 0 aromatic heterocycles. The first-order valence-electron chi connectivity index (χ1n) is 5.04. The van der Waals surface area contributed by atoms with E-state index in [1.54, 1.807) is 7.11 Å². The standard InChI is InChI=1S/C12H14ClNO2/c1-15-11-5-4-10(9-13)8-12(11)16-7-3-2-6-14/h4-5,8H,2-3,7,9H2,1H3. The highest BCUT2D eigenvalue weighted by Crippen LogP contribution is 2.28. The predicted octanol–water partition coefficient (Wildman–Crippen LogP) is 3.12. The van der Waals surface area contributed by atoms with Gasteiger partial charge in [0.05, 0.1) is 19.8 Å². The Labute approximate surface area is 101 Å². The molecule has 0 atom stereocenters. The molecule has 86 valence electrons. The predicted molar refractivity (Wildman–Crippen MR) is 62.9 cm³/mol. The van der Waals surface area contributed by atoms with E-state index in [9.17, 15) is 0 Å². The summed E-state index contributed by atoms with van der Waals surface area (Å²) in [4.78, 5) is 0. The van der Waals surface area contributed by atoms with Gasteiger partial charge in [0.2, 0.25) is 0 Å². The summed E-state index contributed by atoms with van der Waals surface area (Å²) in [5.74, 6) is 1.81. The first kappa shape index (κ1) is 12.7. The molecule has 0 amide bonds. The number of hydrogen-bond acceptors (Lipinski definition) is 3. The van der Waals surface area contributed by atoms with Gasteiger partial charge in [-0.3, -0.25) is 0 Å². The minimum atomic E-state index is 0.443. The number of benzene rings is 1. The summed E-state index contributed by atoms with van der Waals surface area (Å²) in [6, 6.07) is 7.66. The number of ether oxygens (including phenoxy) is 2. The van der Waals surface area contributed by atoms with Gasteiger partial charge in [-0.15, -0.1) is 11.6 Å². The van der Waals surface area contributed by atoms with Gasteiger partial charge in [0, 0.05) is 12.3 Å². The van der Waals surface area contributed by atoms with Gasteiger partial charge in [-0.2, -0.15) is 5.26 Å². The fraction of sp³-hybridized carbons (Fsp3) is 0.417. The number of hydrogen-bond donors (Lipinski definition) is 0. The Bertz CT molecular complexity index is 374. The second kappa shape index (κ2) is 6.97. The Morgan fingerprint density at radius 3 is 2.81 bits per heavy atom. The van der Waals surface area contributed by atoms with Crippen molar-refractivity contribution in [3.63, 3.8) is 0 Å². The lowest BCUT2D eigenvalue weighted by atomic mass is 10.2. The van der Waals surface area contributed by atoms with Crippen LogP contribution in [-0.4, -0.2) is 13.7 Å². The molecule has 0 N–H and O–H groups in total. The third-order valence-corrected chi connectivity index (χ3v) is 2.38. The third-order valence-electron chi connectivity index (χ3n) is 2.07. The first-order chi connectivity index (χ1) is 7.81. The van der Waals surface area contributed by atoms with Gasteiger partial charge in [0.15, 0.2) is 11.5 Å². The molecule has 0 saturated heterocycles. The van der Waals surface area contributed by atoms with Gasteiger partial charge in [-0.1, -0.05) is 6.07 Å². The second-order valence-electron chi connectivity index (χ2n) is 3.23. The summed E-state index contributed by atoms with van der Waals surface area (Å²) >= 11 is 5.74. The lowest BCUT2D eigenvalue weighted by molar-refractivity contribution is 0.290. The number of halogens is 1. The lowest BCUT2D eigenvalue weighted by Crippen LogP contribution is -1.99. The number of alkyl halides is 1. The summed E-state index contributed by atoms with van der Waals surface area (Å²) in [6.45, 7) is 0.510. The van der Waals surface area contributed by atoms with Crippen LogP contribution in [0.3, 0.4) is 0 Å². The van der Waals surface area contributed by atoms with Crippen LogP contribution in [0, 0.1) is 11.3 Å². The van der Waals surface area contributed by atoms with E-state index in [1.807, 2.05) is 18.2 Å². The molecule has 3 nitrogen and oxygen atoms in total. The molecule has 0 unspecified atom stereocenters. The van der Waals surface area contributed by atoms with Gasteiger partial charge in [-0.25, -0.2) is 0 Å². The van der Waals surface area contributed by atoms with Crippen LogP contribution in [0.1, 0.15) is 18.4 Å². The fourth-order valence-electron chi connectivity index (χ4n) is 1.25. The molecule has 4 heteroatoms. The molecule has 0 saturated carbocycles. The molecule has 0 bridgehead atoms. The van der Waals surface area contributed by atoms with Crippen molar-refractivity contribution in [2.75, 3.05) is 13.7 Å². The zero-order chi connectivity index (χ0) is 11.8. The van der Waals surface area contributed by atoms with Crippen molar-refractivity contribution in [3.8, 4) is 17.6 Å². The van der Waals surface area contributed by atoms with Gasteiger partial charge in [0.25, 0.3) is 0 Å². The van der Waals surface area contributed by atoms with Gasteiger partial charge < -0.3 is 9.47 Å². The van der Waals surface area contributed by atoms with Crippen molar-refractivity contribution in [1.82, 2.24) is 0 Å².